The predicted octanol–water partition coefficient (Wildman–Crippen LogP) is 33.3. The molecule has 0 saturated carbocycles. The van der Waals surface area contributed by atoms with Crippen LogP contribution in [0.2, 0.25) is 0 Å². The molecule has 0 heteroatoms. The van der Waals surface area contributed by atoms with E-state index in [9.17, 15) is 0 Å². The van der Waals surface area contributed by atoms with Crippen molar-refractivity contribution in [3.05, 3.63) is 81.0 Å². The molecule has 0 bridgehead atoms. The van der Waals surface area contributed by atoms with Crippen molar-refractivity contribution in [1.82, 2.24) is 0 Å². The summed E-state index contributed by atoms with van der Waals surface area (Å²) in [4.78, 5) is 0. The Hall–Kier alpha value is -1.82. The maximum absolute atomic E-state index is 2.30. The molecule has 0 fully saturated rings. The minimum Gasteiger partial charge on any atom is -0.0911 e. The monoisotopic (exact) mass is 1230 g/mol. The van der Waals surface area contributed by atoms with Crippen LogP contribution in [0.15, 0.2) is 81.0 Å². The van der Waals surface area contributed by atoms with Crippen molar-refractivity contribution in [2.24, 2.45) is 65.0 Å². The highest BCUT2D eigenvalue weighted by Gasteiger charge is 2.20. The van der Waals surface area contributed by atoms with Crippen molar-refractivity contribution in [3.63, 3.8) is 0 Å². The van der Waals surface area contributed by atoms with Gasteiger partial charge in [-0.2, -0.15) is 0 Å². The van der Waals surface area contributed by atoms with Crippen molar-refractivity contribution >= 4 is 0 Å². The first kappa shape index (κ1) is 110. The molecular weight excluding hydrogens is 1040 g/mol. The summed E-state index contributed by atoms with van der Waals surface area (Å²) in [5, 5.41) is 0. The highest BCUT2D eigenvalue weighted by atomic mass is 14.3. The molecule has 0 unspecified atom stereocenters. The lowest BCUT2D eigenvalue weighted by Gasteiger charge is -2.28. The van der Waals surface area contributed by atoms with Gasteiger partial charge in [-0.1, -0.05) is 377 Å². The van der Waals surface area contributed by atoms with E-state index >= 15 is 0 Å². The molecule has 0 aliphatic rings. The van der Waals surface area contributed by atoms with Gasteiger partial charge in [-0.3, -0.25) is 0 Å². The van der Waals surface area contributed by atoms with E-state index in [1.165, 1.54) is 89.5 Å². The summed E-state index contributed by atoms with van der Waals surface area (Å²) in [6, 6.07) is 0. The summed E-state index contributed by atoms with van der Waals surface area (Å²) >= 11 is 0. The van der Waals surface area contributed by atoms with Crippen LogP contribution in [0, 0.1) is 65.0 Å². The fourth-order valence-electron chi connectivity index (χ4n) is 7.94. The number of rotatable bonds is 4. The van der Waals surface area contributed by atoms with Gasteiger partial charge in [0.05, 0.1) is 0 Å². The molecule has 0 aliphatic heterocycles. The zero-order valence-corrected chi connectivity index (χ0v) is 72.4. The minimum absolute atomic E-state index is 0.360. The molecule has 0 heterocycles. The van der Waals surface area contributed by atoms with E-state index in [0.717, 1.165) is 0 Å². The summed E-state index contributed by atoms with van der Waals surface area (Å²) < 4.78 is 0. The average Bonchev–Trinajstić information content (AvgIpc) is 3.21. The highest BCUT2D eigenvalue weighted by Crippen LogP contribution is 2.33. The second-order valence-electron chi connectivity index (χ2n) is 39.0. The number of hydrogen-bond donors (Lipinski definition) is 0. The molecule has 0 nitrogen and oxygen atoms in total. The van der Waals surface area contributed by atoms with Crippen LogP contribution in [0.5, 0.6) is 0 Å². The zero-order chi connectivity index (χ0) is 73.8. The lowest BCUT2D eigenvalue weighted by Crippen LogP contribution is -2.16. The van der Waals surface area contributed by atoms with Crippen LogP contribution in [-0.2, 0) is 0 Å². The van der Waals surface area contributed by atoms with Gasteiger partial charge in [0, 0.05) is 0 Å². The van der Waals surface area contributed by atoms with Crippen LogP contribution in [0.3, 0.4) is 0 Å². The minimum atomic E-state index is 0.360. The Bertz CT molecular complexity index is 1670. The van der Waals surface area contributed by atoms with E-state index in [0.29, 0.717) is 65.0 Å². The first-order valence-electron chi connectivity index (χ1n) is 35.0. The highest BCUT2D eigenvalue weighted by molar-refractivity contribution is 5.14. The van der Waals surface area contributed by atoms with Crippen molar-refractivity contribution in [3.8, 4) is 0 Å². The second kappa shape index (κ2) is 50.7. The van der Waals surface area contributed by atoms with Crippen LogP contribution in [0.1, 0.15) is 419 Å². The van der Waals surface area contributed by atoms with Crippen LogP contribution >= 0.6 is 0 Å². The molecule has 0 atom stereocenters. The third-order valence-corrected chi connectivity index (χ3v) is 14.1. The molecule has 0 aromatic carbocycles. The van der Waals surface area contributed by atoms with Gasteiger partial charge in [0.1, 0.15) is 0 Å². The van der Waals surface area contributed by atoms with E-state index in [4.69, 9.17) is 0 Å². The lowest BCUT2D eigenvalue weighted by atomic mass is 9.78. The molecule has 0 amide bonds. The molecule has 0 aliphatic carbocycles. The van der Waals surface area contributed by atoms with Gasteiger partial charge < -0.3 is 0 Å². The number of hydrogen-bond acceptors (Lipinski definition) is 0. The van der Waals surface area contributed by atoms with Crippen molar-refractivity contribution in [1.29, 1.82) is 0 Å². The van der Waals surface area contributed by atoms with Crippen LogP contribution in [-0.4, -0.2) is 0 Å². The average molecular weight is 1230 g/mol. The Kier molecular flexibility index (Phi) is 63.9. The van der Waals surface area contributed by atoms with Crippen LogP contribution in [0.4, 0.5) is 0 Å². The van der Waals surface area contributed by atoms with E-state index in [-0.39, 0.29) is 0 Å². The van der Waals surface area contributed by atoms with Gasteiger partial charge in [-0.25, -0.2) is 0 Å². The fourth-order valence-corrected chi connectivity index (χ4v) is 7.94. The van der Waals surface area contributed by atoms with E-state index < -0.39 is 0 Å². The maximum Gasteiger partial charge on any atom is -0.0173 e. The molecule has 0 saturated heterocycles. The largest absolute Gasteiger partial charge is 0.0911 e. The van der Waals surface area contributed by atoms with Gasteiger partial charge in [0.15, 0.2) is 0 Å². The third kappa shape index (κ3) is 122. The Morgan fingerprint density at radius 3 is 0.506 bits per heavy atom. The van der Waals surface area contributed by atoms with Gasteiger partial charge in [0.2, 0.25) is 0 Å². The molecule has 0 N–H and O–H groups in total. The molecule has 87 heavy (non-hydrogen) atoms. The molecular formula is C87H182. The lowest BCUT2D eigenvalue weighted by molar-refractivity contribution is 0.233. The smallest absolute Gasteiger partial charge is 0.0173 e. The third-order valence-electron chi connectivity index (χ3n) is 14.1. The number of allylic oxidation sites excluding steroid dienone is 14. The van der Waals surface area contributed by atoms with Crippen molar-refractivity contribution in [2.75, 3.05) is 0 Å². The molecule has 0 spiro atoms. The maximum atomic E-state index is 2.30. The first-order valence-corrected chi connectivity index (χ1v) is 35.0. The molecule has 0 radical (unpaired) electrons. The Morgan fingerprint density at radius 2 is 0.506 bits per heavy atom. The molecule has 0 rings (SSSR count). The Balaban J connectivity index is -0.0000000812. The fraction of sp³-hybridized carbons (Fsp3) is 0.839. The van der Waals surface area contributed by atoms with E-state index in [1.54, 1.807) is 0 Å². The second-order valence-corrected chi connectivity index (χ2v) is 39.0. The van der Waals surface area contributed by atoms with Crippen molar-refractivity contribution in [2.45, 2.75) is 419 Å². The first-order chi connectivity index (χ1) is 37.5. The summed E-state index contributed by atoms with van der Waals surface area (Å²) in [7, 11) is 0. The van der Waals surface area contributed by atoms with Gasteiger partial charge in [-0.05, 0) is 188 Å². The standard InChI is InChI=1S/C9H20.2C9H18.4C8H16.2C7H16.C7H14.C7H16/c1-8(2,3)7-9(4,5)6;2*1-7(2)8(3)9(4,5)6;2*1-7(2)6-8(3,4)5;2*1-6-7(2)8(3,4)5;3*1-5-6-7(2,3)4;1-5-7(3,4)6-2/h7H2,1-6H3;2*1-6H3;4*6H,1-5H3;2*5-6H2,1-4H3;5-6H,1-4H3;5-6H2,1-4H3/b;;;;;2*7-6-;;;6-5-;. The van der Waals surface area contributed by atoms with Crippen LogP contribution < -0.4 is 0 Å². The van der Waals surface area contributed by atoms with E-state index in [2.05, 4.69) is 403 Å². The summed E-state index contributed by atoms with van der Waals surface area (Å²) in [5.41, 5.74) is 16.8. The molecule has 0 aromatic heterocycles. The van der Waals surface area contributed by atoms with Crippen molar-refractivity contribution < 1.29 is 0 Å². The van der Waals surface area contributed by atoms with E-state index in [1.807, 2.05) is 6.92 Å². The summed E-state index contributed by atoms with van der Waals surface area (Å²) in [6.07, 6.45) is 22.3. The topological polar surface area (TPSA) is 0 Å². The van der Waals surface area contributed by atoms with Crippen LogP contribution in [0.25, 0.3) is 0 Å². The normalized spacial score (nSPS) is 12.4. The quantitative estimate of drug-likeness (QED) is 0.246. The van der Waals surface area contributed by atoms with Gasteiger partial charge in [-0.15, -0.1) is 0 Å². The Morgan fingerprint density at radius 1 is 0.287 bits per heavy atom. The SMILES string of the molecule is C/C=C(/C)C(C)(C)C.C/C=C(/C)C(C)(C)C.C/C=C\C(C)(C)C.CC(C)(C)CC(C)(C)C.CC(C)=C(C)C(C)(C)C.CC(C)=C(C)C(C)(C)C.CC(C)=CC(C)(C)C.CC(C)=CC(C)(C)C.CCC(C)(C)CC.CCCC(C)(C)C.CCCC(C)(C)C. The van der Waals surface area contributed by atoms with Gasteiger partial charge in [0.25, 0.3) is 0 Å². The van der Waals surface area contributed by atoms with Gasteiger partial charge >= 0.3 is 0 Å². The summed E-state index contributed by atoms with van der Waals surface area (Å²) in [6.45, 7) is 120. The molecule has 530 valence electrons. The predicted molar refractivity (Wildman–Crippen MR) is 423 cm³/mol. The Labute approximate surface area is 561 Å². The zero-order valence-electron chi connectivity index (χ0n) is 72.4. The molecule has 0 aromatic rings. The summed E-state index contributed by atoms with van der Waals surface area (Å²) in [5.74, 6) is 0.